The highest BCUT2D eigenvalue weighted by atomic mass is 16.7. The van der Waals surface area contributed by atoms with E-state index in [1.165, 1.54) is 0 Å². The Morgan fingerprint density at radius 2 is 1.67 bits per heavy atom. The molecule has 1 rings (SSSR count). The van der Waals surface area contributed by atoms with Crippen LogP contribution in [-0.4, -0.2) is 36.4 Å². The molecule has 0 amide bonds. The highest BCUT2D eigenvalue weighted by Crippen LogP contribution is 1.85. The molecule has 0 unspecified atom stereocenters. The van der Waals surface area contributed by atoms with Gasteiger partial charge >= 0.3 is 6.16 Å². The van der Waals surface area contributed by atoms with E-state index >= 15 is 0 Å². The van der Waals surface area contributed by atoms with E-state index in [2.05, 4.69) is 6.58 Å². The molecular formula is C7H14O5. The van der Waals surface area contributed by atoms with Crippen molar-refractivity contribution in [2.24, 2.45) is 0 Å². The third kappa shape index (κ3) is 36.4. The van der Waals surface area contributed by atoms with Crippen LogP contribution in [0, 0.1) is 0 Å². The number of carbonyl (C=O) groups is 1. The second-order valence-corrected chi connectivity index (χ2v) is 1.63. The Kier molecular flexibility index (Phi) is 14.2. The molecule has 0 bridgehead atoms. The summed E-state index contributed by atoms with van der Waals surface area (Å²) in [7, 11) is 0. The molecule has 0 aromatic rings. The first-order chi connectivity index (χ1) is 5.65. The molecule has 0 aromatic heterocycles. The minimum atomic E-state index is -1.83. The van der Waals surface area contributed by atoms with Gasteiger partial charge in [-0.05, 0) is 6.92 Å². The molecule has 0 aliphatic carbocycles. The summed E-state index contributed by atoms with van der Waals surface area (Å²) in [4.78, 5) is 8.56. The lowest BCUT2D eigenvalue weighted by molar-refractivity contribution is 0.0692. The van der Waals surface area contributed by atoms with Crippen molar-refractivity contribution in [2.45, 2.75) is 6.92 Å². The second-order valence-electron chi connectivity index (χ2n) is 1.63. The van der Waals surface area contributed by atoms with E-state index in [1.807, 2.05) is 6.92 Å². The molecule has 0 atom stereocenters. The number of rotatable bonds is 0. The van der Waals surface area contributed by atoms with Gasteiger partial charge in [-0.3, -0.25) is 0 Å². The van der Waals surface area contributed by atoms with Crippen LogP contribution in [0.5, 0.6) is 0 Å². The van der Waals surface area contributed by atoms with Gasteiger partial charge in [0.2, 0.25) is 0 Å². The fraction of sp³-hybridized carbons (Fsp3) is 0.571. The van der Waals surface area contributed by atoms with Gasteiger partial charge < -0.3 is 19.7 Å². The topological polar surface area (TPSA) is 76.0 Å². The minimum Gasteiger partial charge on any atom is -0.450 e. The molecule has 0 spiro atoms. The predicted octanol–water partition coefficient (Wildman–Crippen LogP) is 1.41. The van der Waals surface area contributed by atoms with Crippen molar-refractivity contribution in [3.8, 4) is 0 Å². The van der Waals surface area contributed by atoms with Gasteiger partial charge in [-0.15, -0.1) is 6.58 Å². The van der Waals surface area contributed by atoms with Crippen LogP contribution in [-0.2, 0) is 9.47 Å². The monoisotopic (exact) mass is 178 g/mol. The quantitative estimate of drug-likeness (QED) is 0.548. The maximum Gasteiger partial charge on any atom is 0.503 e. The van der Waals surface area contributed by atoms with Gasteiger partial charge in [-0.2, -0.15) is 0 Å². The van der Waals surface area contributed by atoms with Crippen LogP contribution in [0.15, 0.2) is 12.7 Å². The molecule has 0 radical (unpaired) electrons. The second kappa shape index (κ2) is 12.6. The summed E-state index contributed by atoms with van der Waals surface area (Å²) >= 11 is 0. The Bertz CT molecular complexity index is 96.8. The summed E-state index contributed by atoms with van der Waals surface area (Å²) in [6.45, 7) is 7.31. The van der Waals surface area contributed by atoms with Crippen molar-refractivity contribution >= 4 is 6.16 Å². The normalized spacial score (nSPS) is 13.1. The summed E-state index contributed by atoms with van der Waals surface area (Å²) in [6, 6.07) is 0. The van der Waals surface area contributed by atoms with Crippen LogP contribution in [0.3, 0.4) is 0 Å². The summed E-state index contributed by atoms with van der Waals surface area (Å²) in [6.07, 6.45) is -0.0833. The van der Waals surface area contributed by atoms with Crippen LogP contribution in [0.25, 0.3) is 0 Å². The van der Waals surface area contributed by atoms with Gasteiger partial charge in [0, 0.05) is 0 Å². The maximum absolute atomic E-state index is 8.56. The lowest BCUT2D eigenvalue weighted by atomic mass is 10.8. The smallest absolute Gasteiger partial charge is 0.450 e. The van der Waals surface area contributed by atoms with Crippen molar-refractivity contribution < 1.29 is 24.5 Å². The fourth-order valence-corrected chi connectivity index (χ4v) is 0.295. The summed E-state index contributed by atoms with van der Waals surface area (Å²) in [5.74, 6) is 0. The Morgan fingerprint density at radius 1 is 1.42 bits per heavy atom. The first-order valence-electron chi connectivity index (χ1n) is 3.29. The SMILES string of the molecule is C1COCO1.C=CC.O=C(O)O. The zero-order valence-corrected chi connectivity index (χ0v) is 7.02. The molecule has 2 N–H and O–H groups in total. The zero-order valence-electron chi connectivity index (χ0n) is 7.02. The van der Waals surface area contributed by atoms with E-state index in [1.54, 1.807) is 6.08 Å². The van der Waals surface area contributed by atoms with Crippen molar-refractivity contribution in [1.82, 2.24) is 0 Å². The standard InChI is InChI=1S/C3H6O2.C3H6.CH2O3/c1-2-5-3-4-1;1-3-2;2-1(3)4/h1-3H2;3H,1H2,2H3;(H2,2,3,4). The molecule has 5 nitrogen and oxygen atoms in total. The molecule has 5 heteroatoms. The van der Waals surface area contributed by atoms with Gasteiger partial charge in [0.15, 0.2) is 0 Å². The van der Waals surface area contributed by atoms with E-state index in [0.717, 1.165) is 13.2 Å². The zero-order chi connectivity index (χ0) is 9.82. The Balaban J connectivity index is 0. The first kappa shape index (κ1) is 13.5. The van der Waals surface area contributed by atoms with E-state index in [9.17, 15) is 0 Å². The third-order valence-corrected chi connectivity index (χ3v) is 0.539. The lowest BCUT2D eigenvalue weighted by Crippen LogP contribution is -1.81. The molecule has 1 aliphatic heterocycles. The summed E-state index contributed by atoms with van der Waals surface area (Å²) in [5, 5.41) is 13.9. The van der Waals surface area contributed by atoms with Crippen LogP contribution < -0.4 is 0 Å². The molecular weight excluding hydrogens is 164 g/mol. The van der Waals surface area contributed by atoms with Gasteiger partial charge in [-0.1, -0.05) is 6.08 Å². The number of carboxylic acid groups (broad SMARTS) is 2. The average Bonchev–Trinajstić information content (AvgIpc) is 2.40. The molecule has 1 fully saturated rings. The Labute approximate surface area is 71.2 Å². The number of hydrogen-bond donors (Lipinski definition) is 2. The van der Waals surface area contributed by atoms with Gasteiger partial charge in [-0.25, -0.2) is 4.79 Å². The molecule has 1 heterocycles. The molecule has 0 saturated carbocycles. The number of ether oxygens (including phenoxy) is 2. The maximum atomic E-state index is 8.56. The highest BCUT2D eigenvalue weighted by molar-refractivity contribution is 5.53. The van der Waals surface area contributed by atoms with Crippen LogP contribution in [0.1, 0.15) is 6.92 Å². The van der Waals surface area contributed by atoms with Gasteiger partial charge in [0.05, 0.1) is 13.2 Å². The minimum absolute atomic E-state index is 0.500. The number of allylic oxidation sites excluding steroid dienone is 1. The molecule has 0 aromatic carbocycles. The average molecular weight is 178 g/mol. The molecule has 1 aliphatic rings. The lowest BCUT2D eigenvalue weighted by Gasteiger charge is -1.76. The van der Waals surface area contributed by atoms with Crippen molar-refractivity contribution in [3.63, 3.8) is 0 Å². The molecule has 1 saturated heterocycles. The van der Waals surface area contributed by atoms with Crippen molar-refractivity contribution in [2.75, 3.05) is 20.0 Å². The van der Waals surface area contributed by atoms with E-state index in [4.69, 9.17) is 24.5 Å². The molecule has 12 heavy (non-hydrogen) atoms. The fourth-order valence-electron chi connectivity index (χ4n) is 0.295. The number of hydrogen-bond acceptors (Lipinski definition) is 3. The third-order valence-electron chi connectivity index (χ3n) is 0.539. The predicted molar refractivity (Wildman–Crippen MR) is 43.3 cm³/mol. The Hall–Kier alpha value is -1.07. The van der Waals surface area contributed by atoms with Gasteiger partial charge in [0.25, 0.3) is 0 Å². The van der Waals surface area contributed by atoms with Crippen molar-refractivity contribution in [1.29, 1.82) is 0 Å². The van der Waals surface area contributed by atoms with Gasteiger partial charge in [0.1, 0.15) is 6.79 Å². The van der Waals surface area contributed by atoms with Crippen molar-refractivity contribution in [3.05, 3.63) is 12.7 Å². The van der Waals surface area contributed by atoms with Crippen LogP contribution in [0.2, 0.25) is 0 Å². The molecule has 72 valence electrons. The summed E-state index contributed by atoms with van der Waals surface area (Å²) < 4.78 is 9.44. The highest BCUT2D eigenvalue weighted by Gasteiger charge is 1.93. The van der Waals surface area contributed by atoms with E-state index in [-0.39, 0.29) is 0 Å². The Morgan fingerprint density at radius 3 is 1.75 bits per heavy atom. The largest absolute Gasteiger partial charge is 0.503 e. The summed E-state index contributed by atoms with van der Waals surface area (Å²) in [5.41, 5.74) is 0. The van der Waals surface area contributed by atoms with E-state index in [0.29, 0.717) is 6.79 Å². The van der Waals surface area contributed by atoms with E-state index < -0.39 is 6.16 Å². The van der Waals surface area contributed by atoms with Crippen LogP contribution in [0.4, 0.5) is 4.79 Å². The first-order valence-corrected chi connectivity index (χ1v) is 3.29. The van der Waals surface area contributed by atoms with Crippen LogP contribution >= 0.6 is 0 Å².